The number of nitrogens with zero attached hydrogens (tertiary/aromatic N) is 2. The van der Waals surface area contributed by atoms with Crippen molar-refractivity contribution in [3.63, 3.8) is 0 Å². The Bertz CT molecular complexity index is 1050. The molecule has 4 heterocycles. The van der Waals surface area contributed by atoms with Gasteiger partial charge >= 0.3 is 0 Å². The van der Waals surface area contributed by atoms with Crippen molar-refractivity contribution in [3.8, 4) is 6.01 Å². The van der Waals surface area contributed by atoms with Crippen LogP contribution in [0.1, 0.15) is 5.56 Å². The van der Waals surface area contributed by atoms with Crippen molar-refractivity contribution in [3.05, 3.63) is 46.7 Å². The first-order valence-corrected chi connectivity index (χ1v) is 9.58. The van der Waals surface area contributed by atoms with E-state index in [-0.39, 0.29) is 43.3 Å². The van der Waals surface area contributed by atoms with Gasteiger partial charge in [0.2, 0.25) is 0 Å². The molecule has 4 atom stereocenters. The van der Waals surface area contributed by atoms with Crippen molar-refractivity contribution in [2.45, 2.75) is 31.0 Å². The Morgan fingerprint density at radius 3 is 2.93 bits per heavy atom. The van der Waals surface area contributed by atoms with Gasteiger partial charge < -0.3 is 29.6 Å². The third-order valence-electron chi connectivity index (χ3n) is 5.05. The minimum atomic E-state index is -0.646. The normalized spacial score (nSPS) is 26.0. The van der Waals surface area contributed by atoms with Gasteiger partial charge in [-0.3, -0.25) is 0 Å². The Hall–Kier alpha value is -2.46. The molecule has 2 fully saturated rings. The maximum atomic E-state index is 13.8. The summed E-state index contributed by atoms with van der Waals surface area (Å²) in [6.07, 6.45) is -1.75. The van der Waals surface area contributed by atoms with Crippen molar-refractivity contribution in [2.24, 2.45) is 0 Å². The second kappa shape index (κ2) is 7.42. The molecule has 1 unspecified atom stereocenters. The topological polar surface area (TPSA) is 102 Å². The number of hydrogen-bond acceptors (Lipinski definition) is 7. The lowest BCUT2D eigenvalue weighted by Gasteiger charge is -2.15. The van der Waals surface area contributed by atoms with Crippen LogP contribution in [0, 0.1) is 5.82 Å². The van der Waals surface area contributed by atoms with Gasteiger partial charge in [-0.25, -0.2) is 9.37 Å². The molecule has 5 rings (SSSR count). The SMILES string of the molecule is O[C@@H]1COC2[C@H](Oc3nc4nc(NCc5ccccc5F)c(Cl)cc4[nH]3)CO[C@@H]21. The number of hydrogen-bond donors (Lipinski definition) is 3. The fourth-order valence-electron chi connectivity index (χ4n) is 3.58. The summed E-state index contributed by atoms with van der Waals surface area (Å²) in [6, 6.07) is 8.42. The van der Waals surface area contributed by atoms with Gasteiger partial charge in [0.05, 0.1) is 23.8 Å². The van der Waals surface area contributed by atoms with Crippen LogP contribution in [0.5, 0.6) is 6.01 Å². The van der Waals surface area contributed by atoms with Crippen LogP contribution in [0.15, 0.2) is 30.3 Å². The summed E-state index contributed by atoms with van der Waals surface area (Å²) in [5.41, 5.74) is 1.51. The summed E-state index contributed by atoms with van der Waals surface area (Å²) in [5.74, 6) is 0.0935. The number of ether oxygens (including phenoxy) is 3. The summed E-state index contributed by atoms with van der Waals surface area (Å²) in [5, 5.41) is 13.2. The zero-order chi connectivity index (χ0) is 20.0. The molecule has 0 bridgehead atoms. The lowest BCUT2D eigenvalue weighted by Crippen LogP contribution is -2.34. The standard InChI is InChI=1S/C19H18ClFN4O4/c20-10-5-12-18(24-17(10)22-6-9-3-1-2-4-11(9)21)25-19(23-12)29-14-8-28-15-13(26)7-27-16(14)15/h1-5,13-16,26H,6-8H2,(H2,22,23,24,25)/t13-,14-,15-,16?/m1/s1. The molecule has 3 N–H and O–H groups in total. The predicted molar refractivity (Wildman–Crippen MR) is 103 cm³/mol. The molecule has 152 valence electrons. The van der Waals surface area contributed by atoms with E-state index < -0.39 is 6.10 Å². The number of rotatable bonds is 5. The zero-order valence-corrected chi connectivity index (χ0v) is 15.9. The van der Waals surface area contributed by atoms with Crippen LogP contribution >= 0.6 is 11.6 Å². The molecule has 0 radical (unpaired) electrons. The highest BCUT2D eigenvalue weighted by atomic mass is 35.5. The number of imidazole rings is 1. The van der Waals surface area contributed by atoms with Gasteiger partial charge in [0, 0.05) is 12.1 Å². The van der Waals surface area contributed by atoms with E-state index in [1.54, 1.807) is 24.3 Å². The summed E-state index contributed by atoms with van der Waals surface area (Å²) >= 11 is 6.30. The second-order valence-corrected chi connectivity index (χ2v) is 7.40. The average Bonchev–Trinajstić information content (AvgIpc) is 3.38. The number of benzene rings is 1. The fraction of sp³-hybridized carbons (Fsp3) is 0.368. The maximum absolute atomic E-state index is 13.8. The first-order valence-electron chi connectivity index (χ1n) is 9.20. The number of aromatic amines is 1. The van der Waals surface area contributed by atoms with E-state index in [1.165, 1.54) is 6.07 Å². The smallest absolute Gasteiger partial charge is 0.296 e. The fourth-order valence-corrected chi connectivity index (χ4v) is 3.80. The predicted octanol–water partition coefficient (Wildman–Crippen LogP) is 2.27. The average molecular weight is 421 g/mol. The number of anilines is 1. The highest BCUT2D eigenvalue weighted by molar-refractivity contribution is 6.33. The van der Waals surface area contributed by atoms with E-state index in [0.29, 0.717) is 34.2 Å². The number of halogens is 2. The van der Waals surface area contributed by atoms with Gasteiger partial charge in [-0.2, -0.15) is 4.98 Å². The Morgan fingerprint density at radius 1 is 1.24 bits per heavy atom. The molecule has 2 saturated heterocycles. The van der Waals surface area contributed by atoms with Crippen molar-refractivity contribution in [2.75, 3.05) is 18.5 Å². The molecule has 1 aromatic carbocycles. The summed E-state index contributed by atoms with van der Waals surface area (Å²) in [6.45, 7) is 0.761. The van der Waals surface area contributed by atoms with Crippen LogP contribution in [0.2, 0.25) is 5.02 Å². The van der Waals surface area contributed by atoms with Gasteiger partial charge in [-0.05, 0) is 12.1 Å². The van der Waals surface area contributed by atoms with E-state index in [1.807, 2.05) is 0 Å². The molecule has 29 heavy (non-hydrogen) atoms. The van der Waals surface area contributed by atoms with E-state index in [2.05, 4.69) is 20.3 Å². The first kappa shape index (κ1) is 18.6. The Labute approximate surface area is 170 Å². The van der Waals surface area contributed by atoms with Crippen molar-refractivity contribution < 1.29 is 23.7 Å². The molecular weight excluding hydrogens is 403 g/mol. The van der Waals surface area contributed by atoms with Crippen LogP contribution in [-0.4, -0.2) is 57.7 Å². The largest absolute Gasteiger partial charge is 0.456 e. The molecule has 0 saturated carbocycles. The highest BCUT2D eigenvalue weighted by Gasteiger charge is 2.48. The Kier molecular flexibility index (Phi) is 4.75. The number of fused-ring (bicyclic) bond motifs is 2. The van der Waals surface area contributed by atoms with Crippen LogP contribution in [0.25, 0.3) is 11.2 Å². The molecule has 8 nitrogen and oxygen atoms in total. The molecule has 0 spiro atoms. The minimum Gasteiger partial charge on any atom is -0.456 e. The van der Waals surface area contributed by atoms with E-state index in [4.69, 9.17) is 25.8 Å². The number of aliphatic hydroxyl groups excluding tert-OH is 1. The maximum Gasteiger partial charge on any atom is 0.296 e. The second-order valence-electron chi connectivity index (χ2n) is 7.00. The monoisotopic (exact) mass is 420 g/mol. The zero-order valence-electron chi connectivity index (χ0n) is 15.1. The number of H-pyrrole nitrogens is 1. The molecule has 2 aliphatic heterocycles. The molecule has 2 aliphatic rings. The van der Waals surface area contributed by atoms with Crippen molar-refractivity contribution >= 4 is 28.6 Å². The van der Waals surface area contributed by atoms with Gasteiger partial charge in [0.25, 0.3) is 6.01 Å². The quantitative estimate of drug-likeness (QED) is 0.582. The summed E-state index contributed by atoms with van der Waals surface area (Å²) < 4.78 is 30.8. The molecule has 10 heteroatoms. The van der Waals surface area contributed by atoms with Crippen molar-refractivity contribution in [1.82, 2.24) is 15.0 Å². The van der Waals surface area contributed by atoms with Gasteiger partial charge in [0.1, 0.15) is 29.9 Å². The number of nitrogens with one attached hydrogen (secondary N) is 2. The van der Waals surface area contributed by atoms with E-state index in [9.17, 15) is 9.50 Å². The van der Waals surface area contributed by atoms with Crippen LogP contribution in [0.3, 0.4) is 0 Å². The third-order valence-corrected chi connectivity index (χ3v) is 5.34. The van der Waals surface area contributed by atoms with E-state index >= 15 is 0 Å². The lowest BCUT2D eigenvalue weighted by atomic mass is 10.1. The summed E-state index contributed by atoms with van der Waals surface area (Å²) in [7, 11) is 0. The lowest BCUT2D eigenvalue weighted by molar-refractivity contribution is 0.00706. The van der Waals surface area contributed by atoms with Gasteiger partial charge in [-0.1, -0.05) is 29.8 Å². The number of aromatic nitrogens is 3. The highest BCUT2D eigenvalue weighted by Crippen LogP contribution is 2.30. The van der Waals surface area contributed by atoms with E-state index in [0.717, 1.165) is 0 Å². The van der Waals surface area contributed by atoms with Gasteiger partial charge in [0.15, 0.2) is 11.8 Å². The Balaban J connectivity index is 1.32. The molecule has 3 aromatic rings. The van der Waals surface area contributed by atoms with Crippen LogP contribution < -0.4 is 10.1 Å². The van der Waals surface area contributed by atoms with Gasteiger partial charge in [-0.15, -0.1) is 0 Å². The number of pyridine rings is 1. The Morgan fingerprint density at radius 2 is 2.07 bits per heavy atom. The molecule has 2 aromatic heterocycles. The minimum absolute atomic E-state index is 0.226. The van der Waals surface area contributed by atoms with Crippen molar-refractivity contribution in [1.29, 1.82) is 0 Å². The third kappa shape index (κ3) is 3.51. The molecular formula is C19H18ClFN4O4. The molecule has 0 amide bonds. The van der Waals surface area contributed by atoms with Crippen LogP contribution in [-0.2, 0) is 16.0 Å². The molecule has 0 aliphatic carbocycles. The summed E-state index contributed by atoms with van der Waals surface area (Å²) in [4.78, 5) is 11.8. The number of aliphatic hydroxyl groups is 1. The first-order chi connectivity index (χ1) is 14.1. The van der Waals surface area contributed by atoms with Crippen LogP contribution in [0.4, 0.5) is 10.2 Å².